The van der Waals surface area contributed by atoms with Crippen LogP contribution in [0.2, 0.25) is 0 Å². The lowest BCUT2D eigenvalue weighted by molar-refractivity contribution is 0.102. The average Bonchev–Trinajstić information content (AvgIpc) is 3.58. The first kappa shape index (κ1) is 21.9. The molecule has 0 spiro atoms. The first-order chi connectivity index (χ1) is 16.4. The third kappa shape index (κ3) is 4.58. The van der Waals surface area contributed by atoms with E-state index in [-0.39, 0.29) is 10.8 Å². The second kappa shape index (κ2) is 8.79. The lowest BCUT2D eigenvalue weighted by atomic mass is 10.1. The first-order valence-electron chi connectivity index (χ1n) is 11.0. The Bertz CT molecular complexity index is 1420. The Labute approximate surface area is 198 Å². The SMILES string of the molecule is Cc1ccc(S(=O)(=O)Nc2ccc(NC(=O)c3cnn(-c4ccccc4)c3C3CC3)cc2)cc1. The number of benzene rings is 3. The molecule has 0 aliphatic heterocycles. The molecule has 5 rings (SSSR count). The normalized spacial score (nSPS) is 13.4. The highest BCUT2D eigenvalue weighted by molar-refractivity contribution is 7.92. The zero-order chi connectivity index (χ0) is 23.7. The number of carbonyl (C=O) groups is 1. The van der Waals surface area contributed by atoms with E-state index in [0.717, 1.165) is 29.8 Å². The van der Waals surface area contributed by atoms with Gasteiger partial charge in [-0.1, -0.05) is 35.9 Å². The summed E-state index contributed by atoms with van der Waals surface area (Å²) >= 11 is 0. The summed E-state index contributed by atoms with van der Waals surface area (Å²) in [6.45, 7) is 1.90. The molecule has 1 amide bonds. The van der Waals surface area contributed by atoms with Crippen molar-refractivity contribution in [3.05, 3.63) is 102 Å². The smallest absolute Gasteiger partial charge is 0.261 e. The van der Waals surface area contributed by atoms with E-state index in [1.54, 1.807) is 54.7 Å². The number of rotatable bonds is 7. The van der Waals surface area contributed by atoms with Gasteiger partial charge in [0.05, 0.1) is 28.0 Å². The van der Waals surface area contributed by atoms with Gasteiger partial charge in [0.1, 0.15) is 0 Å². The number of aryl methyl sites for hydroxylation is 1. The molecule has 0 unspecified atom stereocenters. The molecule has 0 saturated heterocycles. The zero-order valence-corrected chi connectivity index (χ0v) is 19.4. The van der Waals surface area contributed by atoms with Crippen molar-refractivity contribution in [1.82, 2.24) is 9.78 Å². The number of aromatic nitrogens is 2. The van der Waals surface area contributed by atoms with Crippen molar-refractivity contribution in [3.8, 4) is 5.69 Å². The number of para-hydroxylation sites is 1. The number of carbonyl (C=O) groups excluding carboxylic acids is 1. The molecule has 4 aromatic rings. The third-order valence-corrected chi connectivity index (χ3v) is 7.14. The van der Waals surface area contributed by atoms with Gasteiger partial charge in [-0.05, 0) is 68.3 Å². The Morgan fingerprint density at radius 3 is 2.21 bits per heavy atom. The van der Waals surface area contributed by atoms with Crippen LogP contribution in [0.5, 0.6) is 0 Å². The molecule has 2 N–H and O–H groups in total. The van der Waals surface area contributed by atoms with Crippen LogP contribution in [0.15, 0.2) is 90.0 Å². The number of hydrogen-bond donors (Lipinski definition) is 2. The first-order valence-corrected chi connectivity index (χ1v) is 12.5. The van der Waals surface area contributed by atoms with Crippen molar-refractivity contribution < 1.29 is 13.2 Å². The van der Waals surface area contributed by atoms with Crippen LogP contribution in [-0.2, 0) is 10.0 Å². The van der Waals surface area contributed by atoms with Gasteiger partial charge in [0.25, 0.3) is 15.9 Å². The number of anilines is 2. The van der Waals surface area contributed by atoms with Gasteiger partial charge in [0, 0.05) is 17.3 Å². The molecule has 0 radical (unpaired) electrons. The predicted molar refractivity (Wildman–Crippen MR) is 132 cm³/mol. The number of sulfonamides is 1. The van der Waals surface area contributed by atoms with Crippen LogP contribution in [0.25, 0.3) is 5.69 Å². The lowest BCUT2D eigenvalue weighted by Crippen LogP contribution is -2.15. The molecule has 1 saturated carbocycles. The maximum atomic E-state index is 13.1. The van der Waals surface area contributed by atoms with E-state index >= 15 is 0 Å². The number of hydrogen-bond acceptors (Lipinski definition) is 4. The van der Waals surface area contributed by atoms with Crippen LogP contribution in [0.4, 0.5) is 11.4 Å². The molecule has 8 heteroatoms. The van der Waals surface area contributed by atoms with Gasteiger partial charge >= 0.3 is 0 Å². The van der Waals surface area contributed by atoms with E-state index < -0.39 is 10.0 Å². The molecule has 1 heterocycles. The molecule has 172 valence electrons. The van der Waals surface area contributed by atoms with Crippen LogP contribution in [0.3, 0.4) is 0 Å². The largest absolute Gasteiger partial charge is 0.322 e. The second-order valence-electron chi connectivity index (χ2n) is 8.42. The fourth-order valence-corrected chi connectivity index (χ4v) is 4.87. The summed E-state index contributed by atoms with van der Waals surface area (Å²) in [6, 6.07) is 23.0. The van der Waals surface area contributed by atoms with Crippen molar-refractivity contribution in [2.24, 2.45) is 0 Å². The quantitative estimate of drug-likeness (QED) is 0.391. The van der Waals surface area contributed by atoms with Gasteiger partial charge in [0.15, 0.2) is 0 Å². The molecule has 34 heavy (non-hydrogen) atoms. The molecular formula is C26H24N4O3S. The van der Waals surface area contributed by atoms with Gasteiger partial charge in [-0.2, -0.15) is 5.10 Å². The van der Waals surface area contributed by atoms with Crippen molar-refractivity contribution in [3.63, 3.8) is 0 Å². The van der Waals surface area contributed by atoms with Gasteiger partial charge in [-0.3, -0.25) is 9.52 Å². The summed E-state index contributed by atoms with van der Waals surface area (Å²) in [5, 5.41) is 7.38. The summed E-state index contributed by atoms with van der Waals surface area (Å²) in [6.07, 6.45) is 3.68. The minimum atomic E-state index is -3.69. The average molecular weight is 473 g/mol. The van der Waals surface area contributed by atoms with E-state index in [2.05, 4.69) is 15.1 Å². The van der Waals surface area contributed by atoms with E-state index in [4.69, 9.17) is 0 Å². The Morgan fingerprint density at radius 2 is 1.56 bits per heavy atom. The lowest BCUT2D eigenvalue weighted by Gasteiger charge is -2.11. The topological polar surface area (TPSA) is 93.1 Å². The van der Waals surface area contributed by atoms with E-state index in [1.165, 1.54) is 0 Å². The van der Waals surface area contributed by atoms with Gasteiger partial charge in [-0.25, -0.2) is 13.1 Å². The van der Waals surface area contributed by atoms with Gasteiger partial charge in [-0.15, -0.1) is 0 Å². The highest BCUT2D eigenvalue weighted by Crippen LogP contribution is 2.42. The number of nitrogens with one attached hydrogen (secondary N) is 2. The third-order valence-electron chi connectivity index (χ3n) is 5.74. The maximum absolute atomic E-state index is 13.1. The Kier molecular flexibility index (Phi) is 5.67. The molecule has 3 aromatic carbocycles. The Morgan fingerprint density at radius 1 is 0.912 bits per heavy atom. The fraction of sp³-hybridized carbons (Fsp3) is 0.154. The van der Waals surface area contributed by atoms with Crippen molar-refractivity contribution in [2.45, 2.75) is 30.6 Å². The molecule has 0 bridgehead atoms. The molecular weight excluding hydrogens is 448 g/mol. The van der Waals surface area contributed by atoms with E-state index in [1.807, 2.05) is 41.9 Å². The van der Waals surface area contributed by atoms with Crippen molar-refractivity contribution in [2.75, 3.05) is 10.0 Å². The molecule has 0 atom stereocenters. The number of amides is 1. The Balaban J connectivity index is 1.32. The highest BCUT2D eigenvalue weighted by atomic mass is 32.2. The minimum absolute atomic E-state index is 0.193. The van der Waals surface area contributed by atoms with Crippen molar-refractivity contribution in [1.29, 1.82) is 0 Å². The van der Waals surface area contributed by atoms with Crippen LogP contribution < -0.4 is 10.0 Å². The zero-order valence-electron chi connectivity index (χ0n) is 18.6. The van der Waals surface area contributed by atoms with Crippen LogP contribution >= 0.6 is 0 Å². The predicted octanol–water partition coefficient (Wildman–Crippen LogP) is 5.11. The highest BCUT2D eigenvalue weighted by Gasteiger charge is 2.33. The van der Waals surface area contributed by atoms with Crippen molar-refractivity contribution >= 4 is 27.3 Å². The van der Waals surface area contributed by atoms with E-state index in [0.29, 0.717) is 22.9 Å². The van der Waals surface area contributed by atoms with E-state index in [9.17, 15) is 13.2 Å². The standard InChI is InChI=1S/C26H24N4O3S/c1-18-7-15-23(16-8-18)34(32,33)29-21-13-11-20(12-14-21)28-26(31)24-17-27-30(25(24)19-9-10-19)22-5-3-2-4-6-22/h2-8,11-17,19,29H,9-10H2,1H3,(H,28,31). The Hall–Kier alpha value is -3.91. The monoisotopic (exact) mass is 472 g/mol. The molecule has 1 aliphatic rings. The van der Waals surface area contributed by atoms with Crippen LogP contribution in [0.1, 0.15) is 40.4 Å². The summed E-state index contributed by atoms with van der Waals surface area (Å²) in [5.74, 6) is 0.0825. The molecule has 1 fully saturated rings. The maximum Gasteiger partial charge on any atom is 0.261 e. The fourth-order valence-electron chi connectivity index (χ4n) is 3.81. The molecule has 1 aliphatic carbocycles. The molecule has 1 aromatic heterocycles. The van der Waals surface area contributed by atoms with Gasteiger partial charge in [0.2, 0.25) is 0 Å². The van der Waals surface area contributed by atoms with Gasteiger partial charge < -0.3 is 5.32 Å². The molecule has 7 nitrogen and oxygen atoms in total. The minimum Gasteiger partial charge on any atom is -0.322 e. The number of nitrogens with zero attached hydrogens (tertiary/aromatic N) is 2. The van der Waals surface area contributed by atoms with Crippen LogP contribution in [-0.4, -0.2) is 24.1 Å². The summed E-state index contributed by atoms with van der Waals surface area (Å²) in [5.41, 5.74) is 4.36. The summed E-state index contributed by atoms with van der Waals surface area (Å²) in [4.78, 5) is 13.3. The summed E-state index contributed by atoms with van der Waals surface area (Å²) in [7, 11) is -3.69. The second-order valence-corrected chi connectivity index (χ2v) is 10.1. The van der Waals surface area contributed by atoms with Crippen LogP contribution in [0, 0.1) is 6.92 Å². The summed E-state index contributed by atoms with van der Waals surface area (Å²) < 4.78 is 29.6.